The second kappa shape index (κ2) is 7.82. The van der Waals surface area contributed by atoms with E-state index in [4.69, 9.17) is 0 Å². The Hall–Kier alpha value is -2.05. The Kier molecular flexibility index (Phi) is 5.80. The van der Waals surface area contributed by atoms with Gasteiger partial charge in [-0.05, 0) is 23.8 Å². The minimum Gasteiger partial charge on any atom is -0.480 e. The minimum atomic E-state index is -1.05. The SMILES string of the molecule is O=C(CC(NCc1cccnc1)C(=O)O)c1ccc(Br)cc1. The number of nitrogens with one attached hydrogen (secondary N) is 1. The molecule has 0 aliphatic rings. The minimum absolute atomic E-state index is 0.1000. The summed E-state index contributed by atoms with van der Waals surface area (Å²) in [6.07, 6.45) is 3.20. The van der Waals surface area contributed by atoms with Gasteiger partial charge in [-0.2, -0.15) is 0 Å². The van der Waals surface area contributed by atoms with E-state index in [2.05, 4.69) is 26.2 Å². The summed E-state index contributed by atoms with van der Waals surface area (Å²) >= 11 is 3.30. The van der Waals surface area contributed by atoms with E-state index in [-0.39, 0.29) is 12.2 Å². The maximum atomic E-state index is 12.2. The molecule has 2 rings (SSSR count). The van der Waals surface area contributed by atoms with Gasteiger partial charge in [-0.25, -0.2) is 0 Å². The van der Waals surface area contributed by atoms with Crippen LogP contribution in [-0.4, -0.2) is 27.9 Å². The zero-order valence-electron chi connectivity index (χ0n) is 11.7. The van der Waals surface area contributed by atoms with E-state index < -0.39 is 12.0 Å². The third kappa shape index (κ3) is 4.75. The second-order valence-corrected chi connectivity index (χ2v) is 5.68. The number of carboxylic acid groups (broad SMARTS) is 1. The molecule has 1 heterocycles. The van der Waals surface area contributed by atoms with Gasteiger partial charge in [0.2, 0.25) is 0 Å². The monoisotopic (exact) mass is 362 g/mol. The summed E-state index contributed by atoms with van der Waals surface area (Å²) in [5, 5.41) is 12.1. The average Bonchev–Trinajstić information content (AvgIpc) is 2.52. The van der Waals surface area contributed by atoms with Crippen LogP contribution >= 0.6 is 15.9 Å². The molecule has 0 aliphatic heterocycles. The molecule has 1 atom stereocenters. The molecular formula is C16H15BrN2O3. The molecule has 0 saturated heterocycles. The van der Waals surface area contributed by atoms with Crippen LogP contribution in [0.2, 0.25) is 0 Å². The Morgan fingerprint density at radius 2 is 1.95 bits per heavy atom. The van der Waals surface area contributed by atoms with Crippen molar-refractivity contribution in [3.63, 3.8) is 0 Å². The lowest BCUT2D eigenvalue weighted by molar-refractivity contribution is -0.139. The van der Waals surface area contributed by atoms with Crippen LogP contribution < -0.4 is 5.32 Å². The van der Waals surface area contributed by atoms with Gasteiger partial charge in [-0.3, -0.25) is 19.9 Å². The number of aromatic nitrogens is 1. The highest BCUT2D eigenvalue weighted by atomic mass is 79.9. The summed E-state index contributed by atoms with van der Waals surface area (Å²) < 4.78 is 0.869. The van der Waals surface area contributed by atoms with Crippen LogP contribution in [0.25, 0.3) is 0 Å². The average molecular weight is 363 g/mol. The molecule has 0 aliphatic carbocycles. The smallest absolute Gasteiger partial charge is 0.321 e. The highest BCUT2D eigenvalue weighted by molar-refractivity contribution is 9.10. The van der Waals surface area contributed by atoms with Gasteiger partial charge in [0.25, 0.3) is 0 Å². The lowest BCUT2D eigenvalue weighted by Gasteiger charge is -2.13. The number of benzene rings is 1. The number of halogens is 1. The number of ketones is 1. The summed E-state index contributed by atoms with van der Waals surface area (Å²) in [5.41, 5.74) is 1.36. The molecular weight excluding hydrogens is 348 g/mol. The first-order valence-electron chi connectivity index (χ1n) is 6.70. The van der Waals surface area contributed by atoms with Gasteiger partial charge < -0.3 is 5.11 Å². The standard InChI is InChI=1S/C16H15BrN2O3/c17-13-5-3-12(4-6-13)15(20)8-14(16(21)22)19-10-11-2-1-7-18-9-11/h1-7,9,14,19H,8,10H2,(H,21,22). The molecule has 0 bridgehead atoms. The molecule has 1 aromatic heterocycles. The Balaban J connectivity index is 1.98. The molecule has 1 unspecified atom stereocenters. The molecule has 0 spiro atoms. The number of pyridine rings is 1. The number of Topliss-reactive ketones (excluding diaryl/α,β-unsaturated/α-hetero) is 1. The van der Waals surface area contributed by atoms with Crippen molar-refractivity contribution in [2.24, 2.45) is 0 Å². The Morgan fingerprint density at radius 3 is 2.55 bits per heavy atom. The highest BCUT2D eigenvalue weighted by Crippen LogP contribution is 2.13. The fraction of sp³-hybridized carbons (Fsp3) is 0.188. The quantitative estimate of drug-likeness (QED) is 0.740. The first kappa shape index (κ1) is 16.3. The van der Waals surface area contributed by atoms with Gasteiger partial charge in [-0.15, -0.1) is 0 Å². The van der Waals surface area contributed by atoms with Crippen molar-refractivity contribution < 1.29 is 14.7 Å². The number of rotatable bonds is 7. The normalized spacial score (nSPS) is 11.9. The summed E-state index contributed by atoms with van der Waals surface area (Å²) in [5.74, 6) is -1.26. The maximum Gasteiger partial charge on any atom is 0.321 e. The van der Waals surface area contributed by atoms with Crippen LogP contribution in [0, 0.1) is 0 Å². The number of aliphatic carboxylic acids is 1. The van der Waals surface area contributed by atoms with Gasteiger partial charge in [0.15, 0.2) is 5.78 Å². The number of hydrogen-bond donors (Lipinski definition) is 2. The summed E-state index contributed by atoms with van der Waals surface area (Å²) in [6.45, 7) is 0.346. The molecule has 6 heteroatoms. The van der Waals surface area contributed by atoms with Crippen LogP contribution in [0.3, 0.4) is 0 Å². The first-order valence-corrected chi connectivity index (χ1v) is 7.49. The van der Waals surface area contributed by atoms with Crippen molar-refractivity contribution in [2.45, 2.75) is 19.0 Å². The van der Waals surface area contributed by atoms with Crippen molar-refractivity contribution >= 4 is 27.7 Å². The number of hydrogen-bond acceptors (Lipinski definition) is 4. The van der Waals surface area contributed by atoms with Crippen LogP contribution in [0.4, 0.5) is 0 Å². The van der Waals surface area contributed by atoms with Gasteiger partial charge in [0.05, 0.1) is 0 Å². The highest BCUT2D eigenvalue weighted by Gasteiger charge is 2.21. The van der Waals surface area contributed by atoms with Gasteiger partial charge in [0, 0.05) is 35.4 Å². The molecule has 22 heavy (non-hydrogen) atoms. The van der Waals surface area contributed by atoms with E-state index in [0.717, 1.165) is 10.0 Å². The van der Waals surface area contributed by atoms with E-state index in [1.807, 2.05) is 6.07 Å². The molecule has 2 N–H and O–H groups in total. The van der Waals surface area contributed by atoms with Crippen LogP contribution in [0.15, 0.2) is 53.3 Å². The van der Waals surface area contributed by atoms with E-state index in [1.165, 1.54) is 0 Å². The fourth-order valence-electron chi connectivity index (χ4n) is 1.93. The van der Waals surface area contributed by atoms with Crippen LogP contribution in [0.1, 0.15) is 22.3 Å². The molecule has 5 nitrogen and oxygen atoms in total. The van der Waals surface area contributed by atoms with E-state index in [0.29, 0.717) is 12.1 Å². The zero-order chi connectivity index (χ0) is 15.9. The molecule has 0 radical (unpaired) electrons. The molecule has 114 valence electrons. The third-order valence-corrected chi connectivity index (χ3v) is 3.66. The van der Waals surface area contributed by atoms with Crippen molar-refractivity contribution in [1.29, 1.82) is 0 Å². The molecule has 0 fully saturated rings. The van der Waals surface area contributed by atoms with Crippen molar-refractivity contribution in [1.82, 2.24) is 10.3 Å². The Bertz CT molecular complexity index is 644. The zero-order valence-corrected chi connectivity index (χ0v) is 13.3. The third-order valence-electron chi connectivity index (χ3n) is 3.13. The maximum absolute atomic E-state index is 12.2. The van der Waals surface area contributed by atoms with Crippen LogP contribution in [0.5, 0.6) is 0 Å². The first-order chi connectivity index (χ1) is 10.6. The van der Waals surface area contributed by atoms with Crippen molar-refractivity contribution in [2.75, 3.05) is 0 Å². The predicted octanol–water partition coefficient (Wildman–Crippen LogP) is 2.66. The topological polar surface area (TPSA) is 79.3 Å². The molecule has 0 amide bonds. The number of nitrogens with zero attached hydrogens (tertiary/aromatic N) is 1. The van der Waals surface area contributed by atoms with Crippen molar-refractivity contribution in [3.05, 3.63) is 64.4 Å². The van der Waals surface area contributed by atoms with Gasteiger partial charge in [-0.1, -0.05) is 34.1 Å². The molecule has 0 saturated carbocycles. The predicted molar refractivity (Wildman–Crippen MR) is 85.6 cm³/mol. The number of carboxylic acids is 1. The summed E-state index contributed by atoms with van der Waals surface area (Å²) in [7, 11) is 0. The lowest BCUT2D eigenvalue weighted by Crippen LogP contribution is -2.38. The van der Waals surface area contributed by atoms with Crippen LogP contribution in [-0.2, 0) is 11.3 Å². The molecule has 1 aromatic carbocycles. The fourth-order valence-corrected chi connectivity index (χ4v) is 2.19. The summed E-state index contributed by atoms with van der Waals surface area (Å²) in [4.78, 5) is 27.4. The Morgan fingerprint density at radius 1 is 1.23 bits per heavy atom. The number of carbonyl (C=O) groups excluding carboxylic acids is 1. The van der Waals surface area contributed by atoms with Gasteiger partial charge in [0.1, 0.15) is 6.04 Å². The largest absolute Gasteiger partial charge is 0.480 e. The van der Waals surface area contributed by atoms with Gasteiger partial charge >= 0.3 is 5.97 Å². The molecule has 2 aromatic rings. The van der Waals surface area contributed by atoms with E-state index in [9.17, 15) is 14.7 Å². The van der Waals surface area contributed by atoms with Crippen molar-refractivity contribution in [3.8, 4) is 0 Å². The summed E-state index contributed by atoms with van der Waals surface area (Å²) in [6, 6.07) is 9.54. The van der Waals surface area contributed by atoms with E-state index in [1.54, 1.807) is 42.7 Å². The number of carbonyl (C=O) groups is 2. The second-order valence-electron chi connectivity index (χ2n) is 4.77. The van der Waals surface area contributed by atoms with E-state index >= 15 is 0 Å². The lowest BCUT2D eigenvalue weighted by atomic mass is 10.0. The Labute approximate surface area is 136 Å².